The number of carbonyl (C=O) groups is 1. The summed E-state index contributed by atoms with van der Waals surface area (Å²) in [5.74, 6) is 0.697. The molecule has 1 aromatic heterocycles. The van der Waals surface area contributed by atoms with Gasteiger partial charge in [0.2, 0.25) is 5.89 Å². The van der Waals surface area contributed by atoms with Gasteiger partial charge < -0.3 is 14.5 Å². The molecule has 0 unspecified atom stereocenters. The Bertz CT molecular complexity index is 1370. The summed E-state index contributed by atoms with van der Waals surface area (Å²) >= 11 is 11.5. The van der Waals surface area contributed by atoms with Crippen LogP contribution in [0.3, 0.4) is 0 Å². The topological polar surface area (TPSA) is 76.4 Å². The lowest BCUT2D eigenvalue weighted by Gasteiger charge is -2.11. The third-order valence-corrected chi connectivity index (χ3v) is 5.62. The van der Waals surface area contributed by atoms with Gasteiger partial charge in [-0.05, 0) is 92.6 Å². The molecular weight excluding hydrogens is 458 g/mol. The van der Waals surface area contributed by atoms with E-state index in [0.717, 1.165) is 5.56 Å². The van der Waals surface area contributed by atoms with Gasteiger partial charge in [0.15, 0.2) is 10.7 Å². The number of rotatable bonds is 5. The SMILES string of the molecule is CCOc1ccc(C(=O)NC(=S)Nc2ccc3oc(-c4ccc(C)c(C)c4)nc3c2)cc1Cl. The number of oxazole rings is 1. The molecule has 0 fully saturated rings. The first kappa shape index (κ1) is 22.8. The number of nitrogens with one attached hydrogen (secondary N) is 2. The van der Waals surface area contributed by atoms with Crippen molar-refractivity contribution in [1.82, 2.24) is 10.3 Å². The zero-order valence-corrected chi connectivity index (χ0v) is 19.9. The highest BCUT2D eigenvalue weighted by atomic mass is 35.5. The van der Waals surface area contributed by atoms with Gasteiger partial charge in [0, 0.05) is 16.8 Å². The Kier molecular flexibility index (Phi) is 6.62. The summed E-state index contributed by atoms with van der Waals surface area (Å²) < 4.78 is 11.3. The van der Waals surface area contributed by atoms with E-state index < -0.39 is 0 Å². The van der Waals surface area contributed by atoms with Gasteiger partial charge >= 0.3 is 0 Å². The number of carbonyl (C=O) groups excluding carboxylic acids is 1. The van der Waals surface area contributed by atoms with Crippen molar-refractivity contribution < 1.29 is 13.9 Å². The molecule has 0 radical (unpaired) electrons. The van der Waals surface area contributed by atoms with Crippen molar-refractivity contribution in [2.45, 2.75) is 20.8 Å². The van der Waals surface area contributed by atoms with Crippen molar-refractivity contribution in [2.24, 2.45) is 0 Å². The first-order valence-corrected chi connectivity index (χ1v) is 11.2. The first-order valence-electron chi connectivity index (χ1n) is 10.4. The van der Waals surface area contributed by atoms with Crippen LogP contribution in [-0.2, 0) is 0 Å². The van der Waals surface area contributed by atoms with Crippen LogP contribution in [0.5, 0.6) is 5.75 Å². The molecular formula is C25H22ClN3O3S. The van der Waals surface area contributed by atoms with Crippen molar-refractivity contribution in [1.29, 1.82) is 0 Å². The highest BCUT2D eigenvalue weighted by molar-refractivity contribution is 7.80. The second-order valence-electron chi connectivity index (χ2n) is 7.49. The van der Waals surface area contributed by atoms with Crippen LogP contribution in [0, 0.1) is 13.8 Å². The number of hydrogen-bond acceptors (Lipinski definition) is 5. The van der Waals surface area contributed by atoms with E-state index in [2.05, 4.69) is 35.5 Å². The minimum absolute atomic E-state index is 0.155. The number of benzene rings is 3. The van der Waals surface area contributed by atoms with E-state index in [1.165, 1.54) is 11.1 Å². The van der Waals surface area contributed by atoms with Gasteiger partial charge in [-0.1, -0.05) is 17.7 Å². The molecule has 8 heteroatoms. The quantitative estimate of drug-likeness (QED) is 0.327. The van der Waals surface area contributed by atoms with Gasteiger partial charge in [-0.3, -0.25) is 10.1 Å². The third kappa shape index (κ3) is 5.16. The normalized spacial score (nSPS) is 10.8. The molecule has 33 heavy (non-hydrogen) atoms. The van der Waals surface area contributed by atoms with Crippen molar-refractivity contribution in [3.8, 4) is 17.2 Å². The summed E-state index contributed by atoms with van der Waals surface area (Å²) in [7, 11) is 0. The Labute approximate surface area is 201 Å². The van der Waals surface area contributed by atoms with Crippen LogP contribution in [0.2, 0.25) is 5.02 Å². The molecule has 0 aliphatic heterocycles. The van der Waals surface area contributed by atoms with E-state index in [4.69, 9.17) is 33.0 Å². The standard InChI is InChI=1S/C25H22ClN3O3S/c1-4-31-21-9-7-16(12-19(21)26)23(30)29-25(33)27-18-8-10-22-20(13-18)28-24(32-22)17-6-5-14(2)15(3)11-17/h5-13H,4H2,1-3H3,(H2,27,29,30,33). The summed E-state index contributed by atoms with van der Waals surface area (Å²) in [6.07, 6.45) is 0. The number of nitrogens with zero attached hydrogens (tertiary/aromatic N) is 1. The monoisotopic (exact) mass is 479 g/mol. The number of amides is 1. The van der Waals surface area contributed by atoms with Gasteiger partial charge in [-0.15, -0.1) is 0 Å². The van der Waals surface area contributed by atoms with Gasteiger partial charge in [-0.2, -0.15) is 0 Å². The maximum Gasteiger partial charge on any atom is 0.257 e. The van der Waals surface area contributed by atoms with Gasteiger partial charge in [0.1, 0.15) is 11.3 Å². The van der Waals surface area contributed by atoms with E-state index in [-0.39, 0.29) is 11.0 Å². The lowest BCUT2D eigenvalue weighted by atomic mass is 10.1. The average molecular weight is 480 g/mol. The second kappa shape index (κ2) is 9.60. The zero-order chi connectivity index (χ0) is 23.5. The predicted octanol–water partition coefficient (Wildman–Crippen LogP) is 6.29. The molecule has 4 rings (SSSR count). The highest BCUT2D eigenvalue weighted by Gasteiger charge is 2.13. The molecule has 1 amide bonds. The maximum absolute atomic E-state index is 12.5. The fourth-order valence-corrected chi connectivity index (χ4v) is 3.70. The van der Waals surface area contributed by atoms with E-state index >= 15 is 0 Å². The van der Waals surface area contributed by atoms with Crippen LogP contribution in [-0.4, -0.2) is 22.6 Å². The van der Waals surface area contributed by atoms with E-state index in [1.54, 1.807) is 18.2 Å². The number of fused-ring (bicyclic) bond motifs is 1. The third-order valence-electron chi connectivity index (χ3n) is 5.12. The average Bonchev–Trinajstić information content (AvgIpc) is 3.20. The van der Waals surface area contributed by atoms with Gasteiger partial charge in [0.05, 0.1) is 11.6 Å². The fourth-order valence-electron chi connectivity index (χ4n) is 3.26. The molecule has 0 spiro atoms. The molecule has 0 saturated heterocycles. The largest absolute Gasteiger partial charge is 0.492 e. The Morgan fingerprint density at radius 1 is 1.09 bits per heavy atom. The van der Waals surface area contributed by atoms with Crippen molar-refractivity contribution in [3.05, 3.63) is 76.3 Å². The molecule has 0 aliphatic rings. The summed E-state index contributed by atoms with van der Waals surface area (Å²) in [5, 5.41) is 6.17. The van der Waals surface area contributed by atoms with Crippen LogP contribution in [0.15, 0.2) is 59.0 Å². The van der Waals surface area contributed by atoms with Crippen molar-refractivity contribution in [2.75, 3.05) is 11.9 Å². The van der Waals surface area contributed by atoms with Crippen LogP contribution in [0.25, 0.3) is 22.6 Å². The van der Waals surface area contributed by atoms with Crippen LogP contribution >= 0.6 is 23.8 Å². The minimum atomic E-state index is -0.378. The molecule has 0 saturated carbocycles. The summed E-state index contributed by atoms with van der Waals surface area (Å²) in [5.41, 5.74) is 5.69. The molecule has 6 nitrogen and oxygen atoms in total. The zero-order valence-electron chi connectivity index (χ0n) is 18.4. The number of anilines is 1. The number of halogens is 1. The highest BCUT2D eigenvalue weighted by Crippen LogP contribution is 2.28. The Balaban J connectivity index is 1.46. The van der Waals surface area contributed by atoms with Crippen LogP contribution < -0.4 is 15.4 Å². The Morgan fingerprint density at radius 2 is 1.91 bits per heavy atom. The van der Waals surface area contributed by atoms with Gasteiger partial charge in [0.25, 0.3) is 5.91 Å². The molecule has 0 atom stereocenters. The number of thiocarbonyl (C=S) groups is 1. The fraction of sp³-hybridized carbons (Fsp3) is 0.160. The number of hydrogen-bond donors (Lipinski definition) is 2. The molecule has 1 heterocycles. The molecule has 0 bridgehead atoms. The predicted molar refractivity (Wildman–Crippen MR) is 135 cm³/mol. The summed E-state index contributed by atoms with van der Waals surface area (Å²) in [6, 6.07) is 16.4. The molecule has 4 aromatic rings. The number of ether oxygens (including phenoxy) is 1. The lowest BCUT2D eigenvalue weighted by Crippen LogP contribution is -2.34. The Morgan fingerprint density at radius 3 is 2.64 bits per heavy atom. The lowest BCUT2D eigenvalue weighted by molar-refractivity contribution is 0.0977. The second-order valence-corrected chi connectivity index (χ2v) is 8.30. The van der Waals surface area contributed by atoms with E-state index in [9.17, 15) is 4.79 Å². The summed E-state index contributed by atoms with van der Waals surface area (Å²) in [4.78, 5) is 17.1. The smallest absolute Gasteiger partial charge is 0.257 e. The summed E-state index contributed by atoms with van der Waals surface area (Å²) in [6.45, 7) is 6.47. The van der Waals surface area contributed by atoms with Crippen LogP contribution in [0.4, 0.5) is 5.69 Å². The minimum Gasteiger partial charge on any atom is -0.492 e. The van der Waals surface area contributed by atoms with Crippen LogP contribution in [0.1, 0.15) is 28.4 Å². The van der Waals surface area contributed by atoms with E-state index in [0.29, 0.717) is 45.6 Å². The molecule has 168 valence electrons. The Hall–Kier alpha value is -3.42. The molecule has 2 N–H and O–H groups in total. The van der Waals surface area contributed by atoms with Gasteiger partial charge in [-0.25, -0.2) is 4.98 Å². The number of aromatic nitrogens is 1. The molecule has 3 aromatic carbocycles. The van der Waals surface area contributed by atoms with Crippen molar-refractivity contribution in [3.63, 3.8) is 0 Å². The van der Waals surface area contributed by atoms with Crippen molar-refractivity contribution >= 4 is 51.6 Å². The first-order chi connectivity index (χ1) is 15.8. The molecule has 0 aliphatic carbocycles. The number of aryl methyl sites for hydroxylation is 2. The maximum atomic E-state index is 12.5. The van der Waals surface area contributed by atoms with E-state index in [1.807, 2.05) is 37.3 Å².